The van der Waals surface area contributed by atoms with E-state index in [4.69, 9.17) is 0 Å². The van der Waals surface area contributed by atoms with Crippen LogP contribution in [0.25, 0.3) is 0 Å². The third-order valence-electron chi connectivity index (χ3n) is 3.37. The Hall–Kier alpha value is -1.32. The standard InChI is InChI=1S/C15H26N2O2/c1-4-5-12(9-13-6-7-16-15(13)19)10-17-14(18)8-11(2)3/h4-5,11-13H,6-10H2,1-3H3,(H,16,19)(H,17,18)/b5-4+. The van der Waals surface area contributed by atoms with E-state index in [1.54, 1.807) is 0 Å². The van der Waals surface area contributed by atoms with Crippen molar-refractivity contribution in [1.29, 1.82) is 0 Å². The molecule has 2 unspecified atom stereocenters. The summed E-state index contributed by atoms with van der Waals surface area (Å²) in [5, 5.41) is 5.82. The molecule has 0 aromatic rings. The maximum atomic E-state index is 11.6. The Morgan fingerprint density at radius 3 is 2.79 bits per heavy atom. The normalized spacial score (nSPS) is 20.8. The average Bonchev–Trinajstić information content (AvgIpc) is 2.71. The molecule has 1 aliphatic heterocycles. The lowest BCUT2D eigenvalue weighted by atomic mass is 9.92. The second kappa shape index (κ2) is 7.97. The highest BCUT2D eigenvalue weighted by atomic mass is 16.2. The Kier molecular flexibility index (Phi) is 6.60. The van der Waals surface area contributed by atoms with Crippen LogP contribution in [0.5, 0.6) is 0 Å². The highest BCUT2D eigenvalue weighted by molar-refractivity contribution is 5.80. The average molecular weight is 266 g/mol. The Morgan fingerprint density at radius 2 is 2.26 bits per heavy atom. The number of nitrogens with one attached hydrogen (secondary N) is 2. The van der Waals surface area contributed by atoms with Crippen molar-refractivity contribution in [1.82, 2.24) is 10.6 Å². The lowest BCUT2D eigenvalue weighted by Gasteiger charge is -2.17. The van der Waals surface area contributed by atoms with Gasteiger partial charge in [0.25, 0.3) is 0 Å². The molecule has 1 heterocycles. The number of carbonyl (C=O) groups is 2. The van der Waals surface area contributed by atoms with Crippen LogP contribution in [0.4, 0.5) is 0 Å². The monoisotopic (exact) mass is 266 g/mol. The van der Waals surface area contributed by atoms with Crippen LogP contribution >= 0.6 is 0 Å². The molecule has 4 heteroatoms. The summed E-state index contributed by atoms with van der Waals surface area (Å²) < 4.78 is 0. The van der Waals surface area contributed by atoms with Gasteiger partial charge in [0.15, 0.2) is 0 Å². The molecule has 108 valence electrons. The lowest BCUT2D eigenvalue weighted by Crippen LogP contribution is -2.31. The topological polar surface area (TPSA) is 58.2 Å². The zero-order chi connectivity index (χ0) is 14.3. The van der Waals surface area contributed by atoms with Crippen molar-refractivity contribution in [2.45, 2.75) is 40.0 Å². The SMILES string of the molecule is C/C=C/C(CNC(=O)CC(C)C)CC1CCNC1=O. The molecule has 0 radical (unpaired) electrons. The van der Waals surface area contributed by atoms with Gasteiger partial charge in [0.1, 0.15) is 0 Å². The van der Waals surface area contributed by atoms with Gasteiger partial charge in [-0.25, -0.2) is 0 Å². The van der Waals surface area contributed by atoms with E-state index in [1.807, 2.05) is 26.8 Å². The molecule has 0 aromatic carbocycles. The maximum Gasteiger partial charge on any atom is 0.223 e. The zero-order valence-electron chi connectivity index (χ0n) is 12.2. The van der Waals surface area contributed by atoms with Crippen LogP contribution in [-0.4, -0.2) is 24.9 Å². The highest BCUT2D eigenvalue weighted by Gasteiger charge is 2.26. The fraction of sp³-hybridized carbons (Fsp3) is 0.733. The van der Waals surface area contributed by atoms with Gasteiger partial charge in [0.2, 0.25) is 11.8 Å². The van der Waals surface area contributed by atoms with Crippen LogP contribution in [0, 0.1) is 17.8 Å². The second-order valence-corrected chi connectivity index (χ2v) is 5.70. The Morgan fingerprint density at radius 1 is 1.53 bits per heavy atom. The first-order valence-corrected chi connectivity index (χ1v) is 7.20. The molecular formula is C15H26N2O2. The summed E-state index contributed by atoms with van der Waals surface area (Å²) in [5.41, 5.74) is 0. The van der Waals surface area contributed by atoms with Crippen LogP contribution in [0.15, 0.2) is 12.2 Å². The van der Waals surface area contributed by atoms with Gasteiger partial charge in [-0.05, 0) is 31.6 Å². The van der Waals surface area contributed by atoms with E-state index in [2.05, 4.69) is 16.7 Å². The van der Waals surface area contributed by atoms with Crippen molar-refractivity contribution in [3.8, 4) is 0 Å². The molecule has 0 aromatic heterocycles. The minimum Gasteiger partial charge on any atom is -0.356 e. The summed E-state index contributed by atoms with van der Waals surface area (Å²) in [5.74, 6) is 0.974. The van der Waals surface area contributed by atoms with Gasteiger partial charge in [-0.2, -0.15) is 0 Å². The molecule has 4 nitrogen and oxygen atoms in total. The molecule has 0 bridgehead atoms. The summed E-state index contributed by atoms with van der Waals surface area (Å²) in [4.78, 5) is 23.2. The van der Waals surface area contributed by atoms with Crippen molar-refractivity contribution >= 4 is 11.8 Å². The van der Waals surface area contributed by atoms with Crippen LogP contribution in [0.2, 0.25) is 0 Å². The molecule has 0 spiro atoms. The van der Waals surface area contributed by atoms with Crippen molar-refractivity contribution in [3.63, 3.8) is 0 Å². The molecule has 1 aliphatic rings. The summed E-state index contributed by atoms with van der Waals surface area (Å²) in [7, 11) is 0. The Bertz CT molecular complexity index is 337. The number of allylic oxidation sites excluding steroid dienone is 1. The molecule has 1 saturated heterocycles. The van der Waals surface area contributed by atoms with Crippen LogP contribution in [0.1, 0.15) is 40.0 Å². The van der Waals surface area contributed by atoms with Gasteiger partial charge in [0, 0.05) is 25.4 Å². The van der Waals surface area contributed by atoms with E-state index < -0.39 is 0 Å². The van der Waals surface area contributed by atoms with Crippen molar-refractivity contribution in [2.75, 3.05) is 13.1 Å². The van der Waals surface area contributed by atoms with E-state index >= 15 is 0 Å². The molecule has 1 rings (SSSR count). The summed E-state index contributed by atoms with van der Waals surface area (Å²) in [6, 6.07) is 0. The van der Waals surface area contributed by atoms with Gasteiger partial charge >= 0.3 is 0 Å². The molecule has 19 heavy (non-hydrogen) atoms. The second-order valence-electron chi connectivity index (χ2n) is 5.70. The van der Waals surface area contributed by atoms with Crippen molar-refractivity contribution < 1.29 is 9.59 Å². The molecular weight excluding hydrogens is 240 g/mol. The van der Waals surface area contributed by atoms with Gasteiger partial charge < -0.3 is 10.6 Å². The molecule has 0 aliphatic carbocycles. The summed E-state index contributed by atoms with van der Waals surface area (Å²) in [6.45, 7) is 7.45. The first-order valence-electron chi connectivity index (χ1n) is 7.20. The third kappa shape index (κ3) is 5.90. The van der Waals surface area contributed by atoms with Gasteiger partial charge in [-0.15, -0.1) is 0 Å². The number of amides is 2. The van der Waals surface area contributed by atoms with Crippen LogP contribution in [0.3, 0.4) is 0 Å². The fourth-order valence-electron chi connectivity index (χ4n) is 2.43. The largest absolute Gasteiger partial charge is 0.356 e. The Labute approximate surface area is 116 Å². The number of carbonyl (C=O) groups excluding carboxylic acids is 2. The number of hydrogen-bond acceptors (Lipinski definition) is 2. The van der Waals surface area contributed by atoms with E-state index in [1.165, 1.54) is 0 Å². The van der Waals surface area contributed by atoms with Gasteiger partial charge in [-0.1, -0.05) is 26.0 Å². The first kappa shape index (κ1) is 15.7. The Balaban J connectivity index is 2.40. The molecule has 2 N–H and O–H groups in total. The molecule has 0 saturated carbocycles. The lowest BCUT2D eigenvalue weighted by molar-refractivity contribution is -0.122. The van der Waals surface area contributed by atoms with E-state index in [9.17, 15) is 9.59 Å². The molecule has 2 amide bonds. The van der Waals surface area contributed by atoms with Crippen molar-refractivity contribution in [2.24, 2.45) is 17.8 Å². The third-order valence-corrected chi connectivity index (χ3v) is 3.37. The minimum absolute atomic E-state index is 0.0976. The maximum absolute atomic E-state index is 11.6. The highest BCUT2D eigenvalue weighted by Crippen LogP contribution is 2.20. The van der Waals surface area contributed by atoms with Crippen LogP contribution in [-0.2, 0) is 9.59 Å². The first-order chi connectivity index (χ1) is 9.02. The van der Waals surface area contributed by atoms with Gasteiger partial charge in [-0.3, -0.25) is 9.59 Å². The molecule has 2 atom stereocenters. The number of hydrogen-bond donors (Lipinski definition) is 2. The van der Waals surface area contributed by atoms with Gasteiger partial charge in [0.05, 0.1) is 0 Å². The zero-order valence-corrected chi connectivity index (χ0v) is 12.2. The van der Waals surface area contributed by atoms with E-state index in [-0.39, 0.29) is 23.7 Å². The summed E-state index contributed by atoms with van der Waals surface area (Å²) >= 11 is 0. The summed E-state index contributed by atoms with van der Waals surface area (Å²) in [6.07, 6.45) is 6.37. The quantitative estimate of drug-likeness (QED) is 0.691. The fourth-order valence-corrected chi connectivity index (χ4v) is 2.43. The predicted molar refractivity (Wildman–Crippen MR) is 76.5 cm³/mol. The van der Waals surface area contributed by atoms with Crippen LogP contribution < -0.4 is 10.6 Å². The van der Waals surface area contributed by atoms with E-state index in [0.29, 0.717) is 18.9 Å². The van der Waals surface area contributed by atoms with Crippen molar-refractivity contribution in [3.05, 3.63) is 12.2 Å². The minimum atomic E-state index is 0.0976. The predicted octanol–water partition coefficient (Wildman–Crippen LogP) is 1.87. The smallest absolute Gasteiger partial charge is 0.223 e. The molecule has 1 fully saturated rings. The number of rotatable bonds is 7. The van der Waals surface area contributed by atoms with E-state index in [0.717, 1.165) is 19.4 Å².